The van der Waals surface area contributed by atoms with Gasteiger partial charge in [0.15, 0.2) is 5.96 Å². The minimum Gasteiger partial charge on any atom is -0.444 e. The molecule has 5 nitrogen and oxygen atoms in total. The molecule has 0 fully saturated rings. The maximum Gasteiger partial charge on any atom is 0.226 e. The lowest BCUT2D eigenvalue weighted by Gasteiger charge is -2.18. The molecule has 2 N–H and O–H groups in total. The van der Waals surface area contributed by atoms with Crippen molar-refractivity contribution < 1.29 is 8.81 Å². The third kappa shape index (κ3) is 6.85. The fourth-order valence-electron chi connectivity index (χ4n) is 2.78. The smallest absolute Gasteiger partial charge is 0.226 e. The van der Waals surface area contributed by atoms with Gasteiger partial charge in [0.2, 0.25) is 5.89 Å². The number of benzene rings is 2. The van der Waals surface area contributed by atoms with Crippen molar-refractivity contribution in [3.63, 3.8) is 0 Å². The number of hydrogen-bond acceptors (Lipinski definition) is 3. The molecule has 0 radical (unpaired) electrons. The Bertz CT molecular complexity index is 897. The number of oxazole rings is 1. The molecule has 0 aliphatic rings. The number of aromatic nitrogens is 1. The van der Waals surface area contributed by atoms with Crippen LogP contribution in [0.15, 0.2) is 70.3 Å². The van der Waals surface area contributed by atoms with Gasteiger partial charge in [-0.2, -0.15) is 0 Å². The van der Waals surface area contributed by atoms with Gasteiger partial charge in [-0.25, -0.2) is 9.37 Å². The van der Waals surface area contributed by atoms with E-state index in [4.69, 9.17) is 4.42 Å². The van der Waals surface area contributed by atoms with Gasteiger partial charge in [-0.1, -0.05) is 30.3 Å². The molecule has 7 heteroatoms. The van der Waals surface area contributed by atoms with E-state index in [2.05, 4.69) is 39.7 Å². The van der Waals surface area contributed by atoms with E-state index in [0.717, 1.165) is 23.8 Å². The van der Waals surface area contributed by atoms with E-state index in [1.165, 1.54) is 17.7 Å². The molecule has 1 aromatic heterocycles. The summed E-state index contributed by atoms with van der Waals surface area (Å²) in [6, 6.07) is 16.5. The number of halogens is 2. The Morgan fingerprint density at radius 1 is 1.14 bits per heavy atom. The first kappa shape index (κ1) is 22.9. The predicted octanol–water partition coefficient (Wildman–Crippen LogP) is 4.96. The average molecular weight is 508 g/mol. The van der Waals surface area contributed by atoms with E-state index < -0.39 is 0 Å². The van der Waals surface area contributed by atoms with Crippen molar-refractivity contribution >= 4 is 29.9 Å². The van der Waals surface area contributed by atoms with Crippen molar-refractivity contribution in [3.05, 3.63) is 77.9 Å². The highest BCUT2D eigenvalue weighted by Crippen LogP contribution is 2.19. The average Bonchev–Trinajstić information content (AvgIpc) is 3.18. The van der Waals surface area contributed by atoms with E-state index in [0.29, 0.717) is 18.9 Å². The van der Waals surface area contributed by atoms with Crippen LogP contribution >= 0.6 is 24.0 Å². The molecule has 0 aliphatic heterocycles. The Hall–Kier alpha value is -2.42. The monoisotopic (exact) mass is 508 g/mol. The Kier molecular flexibility index (Phi) is 9.11. The van der Waals surface area contributed by atoms with Gasteiger partial charge in [-0.3, -0.25) is 4.99 Å². The maximum absolute atomic E-state index is 13.0. The summed E-state index contributed by atoms with van der Waals surface area (Å²) in [5.41, 5.74) is 2.77. The molecule has 1 heterocycles. The molecule has 29 heavy (non-hydrogen) atoms. The van der Waals surface area contributed by atoms with Crippen molar-refractivity contribution in [2.45, 2.75) is 26.3 Å². The third-order valence-electron chi connectivity index (χ3n) is 4.28. The Balaban J connectivity index is 0.00000300. The van der Waals surface area contributed by atoms with Crippen molar-refractivity contribution in [1.82, 2.24) is 15.6 Å². The van der Waals surface area contributed by atoms with E-state index >= 15 is 0 Å². The van der Waals surface area contributed by atoms with Crippen LogP contribution in [-0.4, -0.2) is 24.0 Å². The second-order valence-electron chi connectivity index (χ2n) is 6.44. The number of hydrogen-bond donors (Lipinski definition) is 2. The highest BCUT2D eigenvalue weighted by molar-refractivity contribution is 14.0. The second kappa shape index (κ2) is 11.5. The lowest BCUT2D eigenvalue weighted by atomic mass is 10.1. The molecule has 0 aliphatic carbocycles. The molecule has 1 unspecified atom stereocenters. The highest BCUT2D eigenvalue weighted by Gasteiger charge is 2.09. The number of nitrogens with zero attached hydrogens (tertiary/aromatic N) is 2. The first-order valence-corrected chi connectivity index (χ1v) is 9.46. The van der Waals surface area contributed by atoms with Gasteiger partial charge in [-0.15, -0.1) is 24.0 Å². The van der Waals surface area contributed by atoms with Gasteiger partial charge in [0.05, 0.1) is 11.7 Å². The number of nitrogens with one attached hydrogen (secondary N) is 2. The zero-order valence-corrected chi connectivity index (χ0v) is 18.9. The van der Waals surface area contributed by atoms with Crippen LogP contribution in [-0.2, 0) is 6.42 Å². The SMILES string of the molecule is CCNC(=NCCc1coc(-c2ccc(F)cc2)n1)NC(C)c1ccccc1.I. The molecular weight excluding hydrogens is 482 g/mol. The van der Waals surface area contributed by atoms with E-state index in [1.54, 1.807) is 18.4 Å². The quantitative estimate of drug-likeness (QED) is 0.269. The summed E-state index contributed by atoms with van der Waals surface area (Å²) in [4.78, 5) is 9.09. The highest BCUT2D eigenvalue weighted by atomic mass is 127. The summed E-state index contributed by atoms with van der Waals surface area (Å²) in [7, 11) is 0. The van der Waals surface area contributed by atoms with Gasteiger partial charge < -0.3 is 15.1 Å². The molecule has 2 aromatic carbocycles. The number of rotatable bonds is 7. The molecule has 3 rings (SSSR count). The largest absolute Gasteiger partial charge is 0.444 e. The first-order valence-electron chi connectivity index (χ1n) is 9.46. The molecule has 0 bridgehead atoms. The lowest BCUT2D eigenvalue weighted by Crippen LogP contribution is -2.38. The van der Waals surface area contributed by atoms with Crippen LogP contribution in [0.2, 0.25) is 0 Å². The fraction of sp³-hybridized carbons (Fsp3) is 0.273. The standard InChI is InChI=1S/C22H25FN4O.HI/c1-3-24-22(26-16(2)17-7-5-4-6-8-17)25-14-13-20-15-28-21(27-20)18-9-11-19(23)12-10-18;/h4-12,15-16H,3,13-14H2,1-2H3,(H2,24,25,26);1H. The van der Waals surface area contributed by atoms with Crippen LogP contribution in [0.25, 0.3) is 11.5 Å². The van der Waals surface area contributed by atoms with Crippen molar-refractivity contribution in [3.8, 4) is 11.5 Å². The molecule has 0 amide bonds. The summed E-state index contributed by atoms with van der Waals surface area (Å²) in [5.74, 6) is 0.973. The summed E-state index contributed by atoms with van der Waals surface area (Å²) >= 11 is 0. The second-order valence-corrected chi connectivity index (χ2v) is 6.44. The third-order valence-corrected chi connectivity index (χ3v) is 4.28. The minimum absolute atomic E-state index is 0. The van der Waals surface area contributed by atoms with E-state index in [9.17, 15) is 4.39 Å². The molecule has 1 atom stereocenters. The van der Waals surface area contributed by atoms with Crippen LogP contribution in [0.3, 0.4) is 0 Å². The van der Waals surface area contributed by atoms with Gasteiger partial charge in [0, 0.05) is 25.1 Å². The zero-order valence-electron chi connectivity index (χ0n) is 16.6. The van der Waals surface area contributed by atoms with Crippen LogP contribution in [0.4, 0.5) is 4.39 Å². The normalized spacial score (nSPS) is 12.2. The Labute approximate surface area is 187 Å². The number of guanidine groups is 1. The molecule has 154 valence electrons. The molecular formula is C22H26FIN4O. The summed E-state index contributed by atoms with van der Waals surface area (Å²) in [6.07, 6.45) is 2.28. The van der Waals surface area contributed by atoms with Gasteiger partial charge >= 0.3 is 0 Å². The molecule has 0 spiro atoms. The van der Waals surface area contributed by atoms with Crippen LogP contribution in [0.1, 0.15) is 31.1 Å². The summed E-state index contributed by atoms with van der Waals surface area (Å²) in [6.45, 7) is 5.50. The van der Waals surface area contributed by atoms with Crippen LogP contribution in [0.5, 0.6) is 0 Å². The van der Waals surface area contributed by atoms with Crippen molar-refractivity contribution in [2.75, 3.05) is 13.1 Å². The zero-order chi connectivity index (χ0) is 19.8. The van der Waals surface area contributed by atoms with Crippen LogP contribution in [0, 0.1) is 5.82 Å². The van der Waals surface area contributed by atoms with E-state index in [1.807, 2.05) is 25.1 Å². The van der Waals surface area contributed by atoms with Crippen molar-refractivity contribution in [1.29, 1.82) is 0 Å². The van der Waals surface area contributed by atoms with Crippen molar-refractivity contribution in [2.24, 2.45) is 4.99 Å². The molecule has 0 saturated carbocycles. The summed E-state index contributed by atoms with van der Waals surface area (Å²) < 4.78 is 18.5. The Morgan fingerprint density at radius 2 is 1.86 bits per heavy atom. The summed E-state index contributed by atoms with van der Waals surface area (Å²) in [5, 5.41) is 6.68. The van der Waals surface area contributed by atoms with E-state index in [-0.39, 0.29) is 35.8 Å². The minimum atomic E-state index is -0.280. The Morgan fingerprint density at radius 3 is 2.55 bits per heavy atom. The number of aliphatic imine (C=N–C) groups is 1. The lowest BCUT2D eigenvalue weighted by molar-refractivity contribution is 0.572. The van der Waals surface area contributed by atoms with Gasteiger partial charge in [-0.05, 0) is 43.7 Å². The molecule has 0 saturated heterocycles. The topological polar surface area (TPSA) is 62.5 Å². The first-order chi connectivity index (χ1) is 13.7. The van der Waals surface area contributed by atoms with Gasteiger partial charge in [0.25, 0.3) is 0 Å². The fourth-order valence-corrected chi connectivity index (χ4v) is 2.78. The maximum atomic E-state index is 13.0. The van der Waals surface area contributed by atoms with Gasteiger partial charge in [0.1, 0.15) is 12.1 Å². The predicted molar refractivity (Wildman–Crippen MR) is 125 cm³/mol. The molecule has 3 aromatic rings. The van der Waals surface area contributed by atoms with Crippen LogP contribution < -0.4 is 10.6 Å².